The third-order valence-electron chi connectivity index (χ3n) is 4.66. The van der Waals surface area contributed by atoms with Gasteiger partial charge in [0.2, 0.25) is 0 Å². The highest BCUT2D eigenvalue weighted by Gasteiger charge is 2.30. The van der Waals surface area contributed by atoms with E-state index in [1.807, 2.05) is 0 Å². The first-order valence-corrected chi connectivity index (χ1v) is 8.30. The van der Waals surface area contributed by atoms with Crippen LogP contribution in [0.1, 0.15) is 31.0 Å². The summed E-state index contributed by atoms with van der Waals surface area (Å²) in [7, 11) is 0. The van der Waals surface area contributed by atoms with Crippen molar-refractivity contribution in [2.75, 3.05) is 13.1 Å². The number of benzene rings is 2. The number of piperazine rings is 1. The minimum atomic E-state index is 0.430. The van der Waals surface area contributed by atoms with E-state index in [2.05, 4.69) is 84.7 Å². The van der Waals surface area contributed by atoms with Gasteiger partial charge in [-0.15, -0.1) is 0 Å². The van der Waals surface area contributed by atoms with Crippen molar-refractivity contribution in [3.8, 4) is 0 Å². The smallest absolute Gasteiger partial charge is 0.0450 e. The van der Waals surface area contributed by atoms with Crippen LogP contribution >= 0.6 is 0 Å². The molecule has 2 heteroatoms. The molecule has 2 atom stereocenters. The Balaban J connectivity index is 1.76. The third-order valence-corrected chi connectivity index (χ3v) is 4.66. The van der Waals surface area contributed by atoms with E-state index in [1.54, 1.807) is 0 Å². The Bertz CT molecular complexity index is 565. The van der Waals surface area contributed by atoms with Gasteiger partial charge in [-0.25, -0.2) is 0 Å². The Morgan fingerprint density at radius 1 is 1.00 bits per heavy atom. The zero-order valence-electron chi connectivity index (χ0n) is 13.6. The van der Waals surface area contributed by atoms with Crippen LogP contribution in [-0.2, 0) is 6.54 Å². The summed E-state index contributed by atoms with van der Waals surface area (Å²) in [6, 6.07) is 22.7. The third kappa shape index (κ3) is 3.57. The lowest BCUT2D eigenvalue weighted by atomic mass is 9.95. The van der Waals surface area contributed by atoms with Crippen LogP contribution in [0.3, 0.4) is 0 Å². The summed E-state index contributed by atoms with van der Waals surface area (Å²) in [5, 5.41) is 3.74. The fourth-order valence-corrected chi connectivity index (χ4v) is 3.39. The summed E-state index contributed by atoms with van der Waals surface area (Å²) in [6.45, 7) is 7.82. The maximum Gasteiger partial charge on any atom is 0.0450 e. The van der Waals surface area contributed by atoms with Crippen LogP contribution in [0.15, 0.2) is 60.7 Å². The minimum Gasteiger partial charge on any atom is -0.307 e. The van der Waals surface area contributed by atoms with Crippen molar-refractivity contribution in [2.24, 2.45) is 5.92 Å². The van der Waals surface area contributed by atoms with Gasteiger partial charge in [-0.3, -0.25) is 4.90 Å². The molecular weight excluding hydrogens is 268 g/mol. The molecule has 1 N–H and O–H groups in total. The molecule has 116 valence electrons. The molecule has 0 aliphatic carbocycles. The molecule has 0 amide bonds. The second-order valence-corrected chi connectivity index (χ2v) is 6.60. The number of nitrogens with zero attached hydrogens (tertiary/aromatic N) is 1. The van der Waals surface area contributed by atoms with Crippen LogP contribution < -0.4 is 5.32 Å². The van der Waals surface area contributed by atoms with E-state index in [0.717, 1.165) is 19.6 Å². The van der Waals surface area contributed by atoms with E-state index >= 15 is 0 Å². The van der Waals surface area contributed by atoms with Crippen molar-refractivity contribution < 1.29 is 0 Å². The summed E-state index contributed by atoms with van der Waals surface area (Å²) in [5.74, 6) is 0.660. The van der Waals surface area contributed by atoms with Crippen molar-refractivity contribution in [1.82, 2.24) is 10.2 Å². The minimum absolute atomic E-state index is 0.430. The van der Waals surface area contributed by atoms with Crippen LogP contribution in [-0.4, -0.2) is 24.0 Å². The van der Waals surface area contributed by atoms with E-state index in [-0.39, 0.29) is 0 Å². The lowest BCUT2D eigenvalue weighted by Gasteiger charge is -2.42. The summed E-state index contributed by atoms with van der Waals surface area (Å²) in [5.41, 5.74) is 2.80. The summed E-state index contributed by atoms with van der Waals surface area (Å²) in [6.07, 6.45) is 0. The number of hydrogen-bond donors (Lipinski definition) is 1. The molecule has 1 aliphatic heterocycles. The highest BCUT2D eigenvalue weighted by Crippen LogP contribution is 2.24. The molecule has 2 aromatic carbocycles. The molecule has 0 radical (unpaired) electrons. The average Bonchev–Trinajstić information content (AvgIpc) is 2.56. The average molecular weight is 294 g/mol. The van der Waals surface area contributed by atoms with Crippen molar-refractivity contribution in [2.45, 2.75) is 32.5 Å². The van der Waals surface area contributed by atoms with Gasteiger partial charge in [0.1, 0.15) is 0 Å². The van der Waals surface area contributed by atoms with Gasteiger partial charge >= 0.3 is 0 Å². The number of rotatable bonds is 4. The molecule has 1 fully saturated rings. The molecule has 2 aromatic rings. The standard InChI is InChI=1S/C20H26N2/c1-16(2)20-13-21-19(18-11-7-4-8-12-18)15-22(20)14-17-9-5-3-6-10-17/h3-12,16,19-21H,13-15H2,1-2H3. The molecule has 1 aliphatic rings. The Kier molecular flexibility index (Phi) is 4.91. The van der Waals surface area contributed by atoms with Crippen molar-refractivity contribution >= 4 is 0 Å². The fraction of sp³-hybridized carbons (Fsp3) is 0.400. The highest BCUT2D eigenvalue weighted by atomic mass is 15.2. The van der Waals surface area contributed by atoms with Gasteiger partial charge < -0.3 is 5.32 Å². The Labute approximate surface area is 134 Å². The molecular formula is C20H26N2. The van der Waals surface area contributed by atoms with Gasteiger partial charge in [-0.2, -0.15) is 0 Å². The second kappa shape index (κ2) is 7.08. The molecule has 0 spiro atoms. The number of hydrogen-bond acceptors (Lipinski definition) is 2. The zero-order chi connectivity index (χ0) is 15.4. The van der Waals surface area contributed by atoms with Crippen LogP contribution in [0.5, 0.6) is 0 Å². The predicted molar refractivity (Wildman–Crippen MR) is 92.7 cm³/mol. The van der Waals surface area contributed by atoms with Gasteiger partial charge in [0.25, 0.3) is 0 Å². The van der Waals surface area contributed by atoms with Crippen LogP contribution in [0, 0.1) is 5.92 Å². The molecule has 1 saturated heterocycles. The van der Waals surface area contributed by atoms with E-state index < -0.39 is 0 Å². The quantitative estimate of drug-likeness (QED) is 0.921. The summed E-state index contributed by atoms with van der Waals surface area (Å²) < 4.78 is 0. The molecule has 2 nitrogen and oxygen atoms in total. The fourth-order valence-electron chi connectivity index (χ4n) is 3.39. The highest BCUT2D eigenvalue weighted by molar-refractivity contribution is 5.21. The molecule has 1 heterocycles. The van der Waals surface area contributed by atoms with Crippen molar-refractivity contribution in [1.29, 1.82) is 0 Å². The van der Waals surface area contributed by atoms with Gasteiger partial charge in [0, 0.05) is 31.7 Å². The largest absolute Gasteiger partial charge is 0.307 e. The second-order valence-electron chi connectivity index (χ2n) is 6.60. The Hall–Kier alpha value is -1.64. The van der Waals surface area contributed by atoms with Crippen LogP contribution in [0.25, 0.3) is 0 Å². The van der Waals surface area contributed by atoms with Gasteiger partial charge in [-0.05, 0) is 17.0 Å². The summed E-state index contributed by atoms with van der Waals surface area (Å²) >= 11 is 0. The van der Waals surface area contributed by atoms with Gasteiger partial charge in [0.15, 0.2) is 0 Å². The molecule has 2 unspecified atom stereocenters. The van der Waals surface area contributed by atoms with Crippen LogP contribution in [0.4, 0.5) is 0 Å². The lowest BCUT2D eigenvalue weighted by Crippen LogP contribution is -2.54. The summed E-state index contributed by atoms with van der Waals surface area (Å²) in [4.78, 5) is 2.65. The molecule has 0 bridgehead atoms. The maximum absolute atomic E-state index is 3.74. The van der Waals surface area contributed by atoms with E-state index in [1.165, 1.54) is 11.1 Å². The molecule has 3 rings (SSSR count). The number of nitrogens with one attached hydrogen (secondary N) is 1. The normalized spacial score (nSPS) is 22.9. The van der Waals surface area contributed by atoms with Gasteiger partial charge in [0.05, 0.1) is 0 Å². The predicted octanol–water partition coefficient (Wildman–Crippen LogP) is 3.86. The van der Waals surface area contributed by atoms with E-state index in [0.29, 0.717) is 18.0 Å². The SMILES string of the molecule is CC(C)C1CNC(c2ccccc2)CN1Cc1ccccc1. The first-order chi connectivity index (χ1) is 10.7. The molecule has 0 saturated carbocycles. The zero-order valence-corrected chi connectivity index (χ0v) is 13.6. The topological polar surface area (TPSA) is 15.3 Å². The maximum atomic E-state index is 3.74. The Morgan fingerprint density at radius 2 is 1.64 bits per heavy atom. The first-order valence-electron chi connectivity index (χ1n) is 8.30. The van der Waals surface area contributed by atoms with Crippen LogP contribution in [0.2, 0.25) is 0 Å². The van der Waals surface area contributed by atoms with E-state index in [4.69, 9.17) is 0 Å². The molecule has 0 aromatic heterocycles. The van der Waals surface area contributed by atoms with Gasteiger partial charge in [-0.1, -0.05) is 74.5 Å². The lowest BCUT2D eigenvalue weighted by molar-refractivity contribution is 0.0911. The van der Waals surface area contributed by atoms with E-state index in [9.17, 15) is 0 Å². The first kappa shape index (κ1) is 15.3. The van der Waals surface area contributed by atoms with Crippen molar-refractivity contribution in [3.05, 3.63) is 71.8 Å². The van der Waals surface area contributed by atoms with Crippen molar-refractivity contribution in [3.63, 3.8) is 0 Å². The monoisotopic (exact) mass is 294 g/mol. The Morgan fingerprint density at radius 3 is 2.27 bits per heavy atom. The molecule has 22 heavy (non-hydrogen) atoms.